The van der Waals surface area contributed by atoms with Crippen LogP contribution in [0.15, 0.2) is 41.0 Å². The van der Waals surface area contributed by atoms with Crippen LogP contribution < -0.4 is 14.8 Å². The first kappa shape index (κ1) is 22.1. The Morgan fingerprint density at radius 3 is 2.53 bits per heavy atom. The van der Waals surface area contributed by atoms with Gasteiger partial charge in [-0.25, -0.2) is 4.98 Å². The van der Waals surface area contributed by atoms with Crippen molar-refractivity contribution in [2.24, 2.45) is 0 Å². The predicted octanol–water partition coefficient (Wildman–Crippen LogP) is 4.58. The Hall–Kier alpha value is -2.59. The van der Waals surface area contributed by atoms with Crippen LogP contribution in [0.3, 0.4) is 0 Å². The Labute approximate surface area is 184 Å². The summed E-state index contributed by atoms with van der Waals surface area (Å²) in [5.41, 5.74) is 0. The molecule has 1 N–H and O–H groups in total. The third-order valence-electron chi connectivity index (χ3n) is 4.26. The van der Waals surface area contributed by atoms with Crippen LogP contribution in [0, 0.1) is 0 Å². The number of aromatic nitrogens is 4. The fourth-order valence-electron chi connectivity index (χ4n) is 2.79. The van der Waals surface area contributed by atoms with Gasteiger partial charge in [0.15, 0.2) is 33.7 Å². The zero-order valence-corrected chi connectivity index (χ0v) is 19.2. The highest BCUT2D eigenvalue weighted by molar-refractivity contribution is 8.00. The lowest BCUT2D eigenvalue weighted by molar-refractivity contribution is -0.115. The minimum absolute atomic E-state index is 0.0930. The summed E-state index contributed by atoms with van der Waals surface area (Å²) in [7, 11) is 1.61. The molecular formula is C20H25N5O3S2. The molecule has 2 aromatic heterocycles. The molecule has 10 heteroatoms. The summed E-state index contributed by atoms with van der Waals surface area (Å²) in [5, 5.41) is 14.2. The third kappa shape index (κ3) is 5.11. The van der Waals surface area contributed by atoms with E-state index in [2.05, 4.69) is 20.5 Å². The molecule has 0 aliphatic heterocycles. The number of hydrogen-bond acceptors (Lipinski definition) is 8. The van der Waals surface area contributed by atoms with Crippen molar-refractivity contribution in [3.05, 3.63) is 41.7 Å². The monoisotopic (exact) mass is 447 g/mol. The number of hydrogen-bond donors (Lipinski definition) is 1. The molecule has 0 spiro atoms. The van der Waals surface area contributed by atoms with Gasteiger partial charge in [-0.15, -0.1) is 21.5 Å². The number of carbonyl (C=O) groups excluding carboxylic acids is 1. The first-order valence-electron chi connectivity index (χ1n) is 9.52. The van der Waals surface area contributed by atoms with Gasteiger partial charge < -0.3 is 19.4 Å². The molecule has 0 aliphatic carbocycles. The van der Waals surface area contributed by atoms with Crippen molar-refractivity contribution in [3.63, 3.8) is 0 Å². The van der Waals surface area contributed by atoms with Crippen molar-refractivity contribution in [3.8, 4) is 11.5 Å². The van der Waals surface area contributed by atoms with E-state index in [1.807, 2.05) is 61.9 Å². The number of rotatable bonds is 9. The summed E-state index contributed by atoms with van der Waals surface area (Å²) in [4.78, 5) is 16.6. The second kappa shape index (κ2) is 9.94. The summed E-state index contributed by atoms with van der Waals surface area (Å²) in [6.07, 6.45) is 1.30. The lowest BCUT2D eigenvalue weighted by Crippen LogP contribution is -2.23. The molecule has 1 amide bonds. The van der Waals surface area contributed by atoms with Gasteiger partial charge in [-0.05, 0) is 39.8 Å². The van der Waals surface area contributed by atoms with E-state index in [9.17, 15) is 4.79 Å². The van der Waals surface area contributed by atoms with Crippen LogP contribution in [-0.2, 0) is 4.79 Å². The fourth-order valence-corrected chi connectivity index (χ4v) is 4.31. The molecular weight excluding hydrogens is 422 g/mol. The van der Waals surface area contributed by atoms with Gasteiger partial charge in [-0.1, -0.05) is 23.9 Å². The van der Waals surface area contributed by atoms with E-state index in [1.165, 1.54) is 23.1 Å². The van der Waals surface area contributed by atoms with E-state index in [0.29, 0.717) is 27.6 Å². The molecule has 0 bridgehead atoms. The number of amides is 1. The molecule has 0 saturated carbocycles. The normalized spacial score (nSPS) is 13.1. The lowest BCUT2D eigenvalue weighted by Gasteiger charge is -2.20. The van der Waals surface area contributed by atoms with E-state index in [1.54, 1.807) is 13.3 Å². The standard InChI is InChI=1S/C20H25N5O3S2/c1-12(2)25-17(13(3)28-16-9-7-6-8-15(16)27-5)23-24-20(25)30-14(4)18(26)22-19-21-10-11-29-19/h6-14H,1-5H3,(H,21,22,26). The van der Waals surface area contributed by atoms with Crippen LogP contribution in [-0.4, -0.2) is 38.0 Å². The van der Waals surface area contributed by atoms with Crippen LogP contribution in [0.4, 0.5) is 5.13 Å². The van der Waals surface area contributed by atoms with Crippen LogP contribution in [0.2, 0.25) is 0 Å². The van der Waals surface area contributed by atoms with Gasteiger partial charge in [0.05, 0.1) is 12.4 Å². The molecule has 0 saturated heterocycles. The molecule has 0 radical (unpaired) electrons. The highest BCUT2D eigenvalue weighted by Gasteiger charge is 2.25. The van der Waals surface area contributed by atoms with Crippen molar-refractivity contribution < 1.29 is 14.3 Å². The number of benzene rings is 1. The Balaban J connectivity index is 1.76. The first-order valence-corrected chi connectivity index (χ1v) is 11.3. The summed E-state index contributed by atoms with van der Waals surface area (Å²) in [6, 6.07) is 7.57. The minimum Gasteiger partial charge on any atom is -0.493 e. The summed E-state index contributed by atoms with van der Waals surface area (Å²) in [5.74, 6) is 1.84. The number of thiazole rings is 1. The molecule has 2 heterocycles. The van der Waals surface area contributed by atoms with Crippen LogP contribution in [0.5, 0.6) is 11.5 Å². The van der Waals surface area contributed by atoms with E-state index < -0.39 is 0 Å². The SMILES string of the molecule is COc1ccccc1OC(C)c1nnc(SC(C)C(=O)Nc2nccs2)n1C(C)C. The summed E-state index contributed by atoms with van der Waals surface area (Å²) >= 11 is 2.74. The topological polar surface area (TPSA) is 91.2 Å². The van der Waals surface area contributed by atoms with E-state index in [0.717, 1.165) is 0 Å². The predicted molar refractivity (Wildman–Crippen MR) is 119 cm³/mol. The average Bonchev–Trinajstić information content (AvgIpc) is 3.38. The molecule has 3 rings (SSSR count). The quantitative estimate of drug-likeness (QED) is 0.480. The van der Waals surface area contributed by atoms with Crippen LogP contribution >= 0.6 is 23.1 Å². The fraction of sp³-hybridized carbons (Fsp3) is 0.400. The number of nitrogens with zero attached hydrogens (tertiary/aromatic N) is 4. The van der Waals surface area contributed by atoms with E-state index in [-0.39, 0.29) is 23.3 Å². The minimum atomic E-state index is -0.367. The second-order valence-electron chi connectivity index (χ2n) is 6.80. The third-order valence-corrected chi connectivity index (χ3v) is 6.00. The smallest absolute Gasteiger partial charge is 0.239 e. The molecule has 2 unspecified atom stereocenters. The molecule has 1 aromatic carbocycles. The maximum Gasteiger partial charge on any atom is 0.239 e. The molecule has 2 atom stereocenters. The number of nitrogens with one attached hydrogen (secondary N) is 1. The number of anilines is 1. The summed E-state index contributed by atoms with van der Waals surface area (Å²) < 4.78 is 13.5. The first-order chi connectivity index (χ1) is 14.4. The van der Waals surface area contributed by atoms with Crippen molar-refractivity contribution >= 4 is 34.1 Å². The van der Waals surface area contributed by atoms with Crippen LogP contribution in [0.1, 0.15) is 45.7 Å². The molecule has 8 nitrogen and oxygen atoms in total. The van der Waals surface area contributed by atoms with E-state index >= 15 is 0 Å². The van der Waals surface area contributed by atoms with Gasteiger partial charge in [0, 0.05) is 17.6 Å². The molecule has 30 heavy (non-hydrogen) atoms. The van der Waals surface area contributed by atoms with Gasteiger partial charge in [-0.3, -0.25) is 4.79 Å². The largest absolute Gasteiger partial charge is 0.493 e. The number of para-hydroxylation sites is 2. The number of methoxy groups -OCH3 is 1. The van der Waals surface area contributed by atoms with Crippen molar-refractivity contribution in [1.82, 2.24) is 19.7 Å². The molecule has 160 valence electrons. The average molecular weight is 448 g/mol. The van der Waals surface area contributed by atoms with Gasteiger partial charge in [0.1, 0.15) is 0 Å². The Kier molecular flexibility index (Phi) is 7.33. The Bertz CT molecular complexity index is 975. The van der Waals surface area contributed by atoms with Gasteiger partial charge >= 0.3 is 0 Å². The second-order valence-corrected chi connectivity index (χ2v) is 9.00. The Morgan fingerprint density at radius 1 is 1.17 bits per heavy atom. The van der Waals surface area contributed by atoms with Gasteiger partial charge in [0.25, 0.3) is 0 Å². The van der Waals surface area contributed by atoms with Crippen molar-refractivity contribution in [1.29, 1.82) is 0 Å². The zero-order valence-electron chi connectivity index (χ0n) is 17.5. The van der Waals surface area contributed by atoms with E-state index in [4.69, 9.17) is 9.47 Å². The van der Waals surface area contributed by atoms with Crippen molar-refractivity contribution in [2.75, 3.05) is 12.4 Å². The van der Waals surface area contributed by atoms with Gasteiger partial charge in [-0.2, -0.15) is 0 Å². The Morgan fingerprint density at radius 2 is 1.90 bits per heavy atom. The maximum absolute atomic E-state index is 12.5. The lowest BCUT2D eigenvalue weighted by atomic mass is 10.3. The molecule has 3 aromatic rings. The number of thioether (sulfide) groups is 1. The molecule has 0 aliphatic rings. The van der Waals surface area contributed by atoms with Crippen LogP contribution in [0.25, 0.3) is 0 Å². The van der Waals surface area contributed by atoms with Crippen molar-refractivity contribution in [2.45, 2.75) is 50.2 Å². The number of ether oxygens (including phenoxy) is 2. The highest BCUT2D eigenvalue weighted by Crippen LogP contribution is 2.33. The summed E-state index contributed by atoms with van der Waals surface area (Å²) in [6.45, 7) is 7.85. The van der Waals surface area contributed by atoms with Gasteiger partial charge in [0.2, 0.25) is 5.91 Å². The maximum atomic E-state index is 12.5. The number of carbonyl (C=O) groups is 1. The zero-order chi connectivity index (χ0) is 21.7. The highest BCUT2D eigenvalue weighted by atomic mass is 32.2. The molecule has 0 fully saturated rings.